The maximum absolute atomic E-state index is 12.7. The van der Waals surface area contributed by atoms with Gasteiger partial charge in [0, 0.05) is 19.0 Å². The number of fused-ring (bicyclic) bond motifs is 1. The average Bonchev–Trinajstić information content (AvgIpc) is 3.27. The Morgan fingerprint density at radius 3 is 2.88 bits per heavy atom. The molecule has 0 spiro atoms. The summed E-state index contributed by atoms with van der Waals surface area (Å²) in [6.07, 6.45) is 6.48. The van der Waals surface area contributed by atoms with Crippen LogP contribution in [0.15, 0.2) is 41.1 Å². The summed E-state index contributed by atoms with van der Waals surface area (Å²) in [5.41, 5.74) is 2.20. The number of ether oxygens (including phenoxy) is 2. The highest BCUT2D eigenvalue weighted by atomic mass is 32.1. The molecule has 1 atom stereocenters. The average molecular weight is 355 g/mol. The predicted molar refractivity (Wildman–Crippen MR) is 99.1 cm³/mol. The monoisotopic (exact) mass is 355 g/mol. The smallest absolute Gasteiger partial charge is 0.247 e. The highest BCUT2D eigenvalue weighted by Gasteiger charge is 2.29. The molecule has 2 aliphatic rings. The molecule has 4 rings (SSSR count). The van der Waals surface area contributed by atoms with Crippen molar-refractivity contribution < 1.29 is 14.3 Å². The van der Waals surface area contributed by atoms with Crippen molar-refractivity contribution in [3.05, 3.63) is 52.2 Å². The predicted octanol–water partition coefficient (Wildman–Crippen LogP) is 4.29. The fourth-order valence-corrected chi connectivity index (χ4v) is 4.03. The van der Waals surface area contributed by atoms with Crippen LogP contribution in [0, 0.1) is 0 Å². The van der Waals surface area contributed by atoms with Crippen LogP contribution >= 0.6 is 11.3 Å². The summed E-state index contributed by atoms with van der Waals surface area (Å²) in [5.74, 6) is 1.67. The summed E-state index contributed by atoms with van der Waals surface area (Å²) in [5, 5.41) is 4.05. The molecule has 1 fully saturated rings. The molecule has 0 aliphatic carbocycles. The van der Waals surface area contributed by atoms with E-state index < -0.39 is 0 Å². The zero-order valence-electron chi connectivity index (χ0n) is 14.0. The van der Waals surface area contributed by atoms with Gasteiger partial charge in [0.1, 0.15) is 0 Å². The maximum atomic E-state index is 12.7. The standard InChI is InChI=1S/C20H21NO3S/c22-20(7-4-15-8-12-25-14-15)21-9-1-3-17(21)16-5-6-18-19(13-16)24-11-2-10-23-18/h4-8,12-14,17H,1-3,9-11H2/b7-4+. The van der Waals surface area contributed by atoms with Gasteiger partial charge >= 0.3 is 0 Å². The van der Waals surface area contributed by atoms with Gasteiger partial charge in [0.05, 0.1) is 19.3 Å². The minimum Gasteiger partial charge on any atom is -0.490 e. The number of carbonyl (C=O) groups excluding carboxylic acids is 1. The molecule has 1 unspecified atom stereocenters. The lowest BCUT2D eigenvalue weighted by molar-refractivity contribution is -0.126. The lowest BCUT2D eigenvalue weighted by Gasteiger charge is -2.24. The van der Waals surface area contributed by atoms with E-state index in [1.54, 1.807) is 17.4 Å². The summed E-state index contributed by atoms with van der Waals surface area (Å²) >= 11 is 1.63. The molecule has 4 nitrogen and oxygen atoms in total. The van der Waals surface area contributed by atoms with E-state index in [1.165, 1.54) is 0 Å². The lowest BCUT2D eigenvalue weighted by atomic mass is 10.0. The second kappa shape index (κ2) is 7.31. The SMILES string of the molecule is O=C(/C=C/c1ccsc1)N1CCCC1c1ccc2c(c1)OCCCO2. The fraction of sp³-hybridized carbons (Fsp3) is 0.350. The normalized spacial score (nSPS) is 20.0. The number of nitrogens with zero attached hydrogens (tertiary/aromatic N) is 1. The van der Waals surface area contributed by atoms with Gasteiger partial charge in [-0.05, 0) is 59.0 Å². The first-order valence-electron chi connectivity index (χ1n) is 8.72. The fourth-order valence-electron chi connectivity index (χ4n) is 3.40. The highest BCUT2D eigenvalue weighted by Crippen LogP contribution is 2.38. The molecule has 1 amide bonds. The van der Waals surface area contributed by atoms with Gasteiger partial charge in [-0.25, -0.2) is 0 Å². The van der Waals surface area contributed by atoms with Gasteiger partial charge in [0.25, 0.3) is 0 Å². The van der Waals surface area contributed by atoms with Gasteiger partial charge in [-0.15, -0.1) is 0 Å². The molecular weight excluding hydrogens is 334 g/mol. The third-order valence-electron chi connectivity index (χ3n) is 4.65. The van der Waals surface area contributed by atoms with Gasteiger partial charge in [0.2, 0.25) is 5.91 Å². The summed E-state index contributed by atoms with van der Waals surface area (Å²) in [6.45, 7) is 2.16. The number of amides is 1. The van der Waals surface area contributed by atoms with Gasteiger partial charge in [-0.3, -0.25) is 4.79 Å². The number of hydrogen-bond donors (Lipinski definition) is 0. The number of rotatable bonds is 3. The molecule has 25 heavy (non-hydrogen) atoms. The Kier molecular flexibility index (Phi) is 4.74. The summed E-state index contributed by atoms with van der Waals surface area (Å²) < 4.78 is 11.5. The van der Waals surface area contributed by atoms with Gasteiger partial charge in [0.15, 0.2) is 11.5 Å². The molecule has 0 N–H and O–H groups in total. The Bertz CT molecular complexity index is 769. The molecule has 2 aliphatic heterocycles. The topological polar surface area (TPSA) is 38.8 Å². The van der Waals surface area contributed by atoms with E-state index in [0.717, 1.165) is 48.4 Å². The van der Waals surface area contributed by atoms with Crippen molar-refractivity contribution in [1.82, 2.24) is 4.90 Å². The van der Waals surface area contributed by atoms with Crippen LogP contribution in [0.25, 0.3) is 6.08 Å². The molecule has 2 aromatic rings. The zero-order chi connectivity index (χ0) is 17.1. The molecule has 130 valence electrons. The van der Waals surface area contributed by atoms with Crippen molar-refractivity contribution >= 4 is 23.3 Å². The second-order valence-corrected chi connectivity index (χ2v) is 7.12. The van der Waals surface area contributed by atoms with Gasteiger partial charge in [-0.1, -0.05) is 6.07 Å². The van der Waals surface area contributed by atoms with Crippen molar-refractivity contribution in [3.8, 4) is 11.5 Å². The van der Waals surface area contributed by atoms with E-state index in [2.05, 4.69) is 6.07 Å². The highest BCUT2D eigenvalue weighted by molar-refractivity contribution is 7.08. The molecule has 5 heteroatoms. The number of thiophene rings is 1. The van der Waals surface area contributed by atoms with E-state index >= 15 is 0 Å². The molecule has 1 aromatic carbocycles. The molecule has 3 heterocycles. The number of likely N-dealkylation sites (tertiary alicyclic amines) is 1. The largest absolute Gasteiger partial charge is 0.490 e. The van der Waals surface area contributed by atoms with Crippen LogP contribution in [-0.2, 0) is 4.79 Å². The second-order valence-electron chi connectivity index (χ2n) is 6.34. The first-order valence-corrected chi connectivity index (χ1v) is 9.66. The third-order valence-corrected chi connectivity index (χ3v) is 5.36. The quantitative estimate of drug-likeness (QED) is 0.771. The Hall–Kier alpha value is -2.27. The molecule has 1 saturated heterocycles. The molecular formula is C20H21NO3S. The lowest BCUT2D eigenvalue weighted by Crippen LogP contribution is -2.28. The minimum absolute atomic E-state index is 0.0702. The minimum atomic E-state index is 0.0702. The Balaban J connectivity index is 1.53. The third kappa shape index (κ3) is 3.56. The van der Waals surface area contributed by atoms with Crippen LogP contribution in [0.4, 0.5) is 0 Å². The van der Waals surface area contributed by atoms with Crippen LogP contribution in [0.3, 0.4) is 0 Å². The van der Waals surface area contributed by atoms with E-state index in [1.807, 2.05) is 39.9 Å². The van der Waals surface area contributed by atoms with E-state index in [4.69, 9.17) is 9.47 Å². The summed E-state index contributed by atoms with van der Waals surface area (Å²) in [7, 11) is 0. The first-order chi connectivity index (χ1) is 12.3. The summed E-state index contributed by atoms with van der Waals surface area (Å²) in [4.78, 5) is 14.6. The van der Waals surface area contributed by atoms with Crippen LogP contribution in [0.5, 0.6) is 11.5 Å². The zero-order valence-corrected chi connectivity index (χ0v) is 14.8. The summed E-state index contributed by atoms with van der Waals surface area (Å²) in [6, 6.07) is 8.20. The van der Waals surface area contributed by atoms with Crippen molar-refractivity contribution in [1.29, 1.82) is 0 Å². The van der Waals surface area contributed by atoms with Crippen LogP contribution in [0.1, 0.15) is 36.4 Å². The Morgan fingerprint density at radius 1 is 1.16 bits per heavy atom. The molecule has 1 aromatic heterocycles. The van der Waals surface area contributed by atoms with E-state index in [9.17, 15) is 4.79 Å². The number of hydrogen-bond acceptors (Lipinski definition) is 4. The Morgan fingerprint density at radius 2 is 2.04 bits per heavy atom. The van der Waals surface area contributed by atoms with Crippen molar-refractivity contribution in [2.45, 2.75) is 25.3 Å². The van der Waals surface area contributed by atoms with Crippen LogP contribution < -0.4 is 9.47 Å². The molecule has 0 saturated carbocycles. The molecule has 0 radical (unpaired) electrons. The molecule has 0 bridgehead atoms. The van der Waals surface area contributed by atoms with Crippen molar-refractivity contribution in [2.75, 3.05) is 19.8 Å². The van der Waals surface area contributed by atoms with Gasteiger partial charge < -0.3 is 14.4 Å². The first kappa shape index (κ1) is 16.2. The number of carbonyl (C=O) groups is 1. The van der Waals surface area contributed by atoms with Crippen molar-refractivity contribution in [3.63, 3.8) is 0 Å². The van der Waals surface area contributed by atoms with Gasteiger partial charge in [-0.2, -0.15) is 11.3 Å². The van der Waals surface area contributed by atoms with Crippen LogP contribution in [-0.4, -0.2) is 30.6 Å². The van der Waals surface area contributed by atoms with E-state index in [-0.39, 0.29) is 11.9 Å². The van der Waals surface area contributed by atoms with Crippen molar-refractivity contribution in [2.24, 2.45) is 0 Å². The number of benzene rings is 1. The Labute approximate surface area is 151 Å². The van der Waals surface area contributed by atoms with Crippen LogP contribution in [0.2, 0.25) is 0 Å². The van der Waals surface area contributed by atoms with E-state index in [0.29, 0.717) is 13.2 Å². The maximum Gasteiger partial charge on any atom is 0.247 e.